The van der Waals surface area contributed by atoms with E-state index in [2.05, 4.69) is 5.92 Å². The van der Waals surface area contributed by atoms with Crippen molar-refractivity contribution >= 4 is 35.6 Å². The van der Waals surface area contributed by atoms with Gasteiger partial charge in [0.2, 0.25) is 0 Å². The summed E-state index contributed by atoms with van der Waals surface area (Å²) in [5.74, 6) is 0.123. The lowest BCUT2D eigenvalue weighted by Gasteiger charge is -2.12. The zero-order valence-corrected chi connectivity index (χ0v) is 32.5. The quantitative estimate of drug-likeness (QED) is 0.0526. The molecule has 1 aromatic rings. The number of amides is 4. The monoisotopic (exact) mass is 824 g/mol. The summed E-state index contributed by atoms with van der Waals surface area (Å²) in [6.07, 6.45) is 5.57. The molecule has 1 aromatic carbocycles. The third-order valence-corrected chi connectivity index (χ3v) is 7.57. The SMILES string of the molecule is C#Cc1cc(OCCOCCOCCOCCOCCC(=O)ON2C(=O)CCC2=O)cc(OCCOCCOCCOCCOCCC(=O)ON2C(=O)CCC2=O)c1. The molecule has 0 N–H and O–H groups in total. The van der Waals surface area contributed by atoms with Gasteiger partial charge in [0, 0.05) is 37.3 Å². The topological polar surface area (TPSA) is 220 Å². The minimum absolute atomic E-state index is 0.0423. The average Bonchev–Trinajstić information content (AvgIpc) is 3.70. The van der Waals surface area contributed by atoms with Gasteiger partial charge in [-0.25, -0.2) is 9.59 Å². The van der Waals surface area contributed by atoms with E-state index in [1.165, 1.54) is 0 Å². The molecular formula is C38H52N2O18. The molecule has 3 rings (SSSR count). The molecule has 0 spiro atoms. The van der Waals surface area contributed by atoms with E-state index in [1.807, 2.05) is 0 Å². The standard InChI is InChI=1S/C38H52N2O18/c1-2-30-27-31(55-25-23-53-21-19-51-17-15-49-13-11-47-9-7-37(45)57-39-33(41)3-4-34(39)42)29-32(28-30)56-26-24-54-22-20-52-18-16-50-14-12-48-10-8-38(46)58-40-35(43)5-6-36(40)44/h1,27-29H,3-26H2. The van der Waals surface area contributed by atoms with Gasteiger partial charge in [0.25, 0.3) is 23.6 Å². The van der Waals surface area contributed by atoms with Gasteiger partial charge < -0.3 is 57.0 Å². The number of ether oxygens (including phenoxy) is 10. The first kappa shape index (κ1) is 47.7. The van der Waals surface area contributed by atoms with E-state index in [0.29, 0.717) is 106 Å². The minimum Gasteiger partial charge on any atom is -0.491 e. The number of imide groups is 2. The Labute approximate surface area is 336 Å². The highest BCUT2D eigenvalue weighted by molar-refractivity contribution is 6.02. The van der Waals surface area contributed by atoms with Crippen molar-refractivity contribution in [3.05, 3.63) is 23.8 Å². The van der Waals surface area contributed by atoms with Gasteiger partial charge in [0.15, 0.2) is 0 Å². The second-order valence-corrected chi connectivity index (χ2v) is 12.0. The Morgan fingerprint density at radius 3 is 1.02 bits per heavy atom. The summed E-state index contributed by atoms with van der Waals surface area (Å²) in [5.41, 5.74) is 0.601. The second kappa shape index (κ2) is 29.5. The van der Waals surface area contributed by atoms with Crippen molar-refractivity contribution in [2.24, 2.45) is 0 Å². The van der Waals surface area contributed by atoms with Gasteiger partial charge in [0.1, 0.15) is 24.7 Å². The van der Waals surface area contributed by atoms with Crippen molar-refractivity contribution in [3.63, 3.8) is 0 Å². The van der Waals surface area contributed by atoms with E-state index in [1.54, 1.807) is 18.2 Å². The van der Waals surface area contributed by atoms with Gasteiger partial charge in [0.05, 0.1) is 119 Å². The number of carbonyl (C=O) groups excluding carboxylic acids is 6. The number of benzene rings is 1. The van der Waals surface area contributed by atoms with Gasteiger partial charge in [-0.3, -0.25) is 19.2 Å². The minimum atomic E-state index is -0.719. The molecule has 2 fully saturated rings. The molecule has 20 heteroatoms. The molecule has 2 heterocycles. The van der Waals surface area contributed by atoms with Crippen molar-refractivity contribution in [3.8, 4) is 23.8 Å². The fourth-order valence-corrected chi connectivity index (χ4v) is 4.70. The normalized spacial score (nSPS) is 14.0. The van der Waals surface area contributed by atoms with Crippen LogP contribution in [0.15, 0.2) is 18.2 Å². The van der Waals surface area contributed by atoms with Crippen LogP contribution in [0.3, 0.4) is 0 Å². The lowest BCUT2D eigenvalue weighted by molar-refractivity contribution is -0.198. The van der Waals surface area contributed by atoms with E-state index in [9.17, 15) is 28.8 Å². The molecule has 58 heavy (non-hydrogen) atoms. The number of hydroxylamine groups is 4. The van der Waals surface area contributed by atoms with E-state index in [-0.39, 0.29) is 78.2 Å². The smallest absolute Gasteiger partial charge is 0.335 e. The number of nitrogens with zero attached hydrogens (tertiary/aromatic N) is 2. The summed E-state index contributed by atoms with van der Waals surface area (Å²) < 4.78 is 54.9. The van der Waals surface area contributed by atoms with Crippen molar-refractivity contribution in [2.45, 2.75) is 38.5 Å². The molecule has 0 unspecified atom stereocenters. The molecular weight excluding hydrogens is 772 g/mol. The fourth-order valence-electron chi connectivity index (χ4n) is 4.70. The van der Waals surface area contributed by atoms with E-state index < -0.39 is 35.6 Å². The first-order chi connectivity index (χ1) is 28.3. The lowest BCUT2D eigenvalue weighted by atomic mass is 10.2. The first-order valence-corrected chi connectivity index (χ1v) is 18.9. The van der Waals surface area contributed by atoms with Crippen LogP contribution in [0.25, 0.3) is 0 Å². The summed E-state index contributed by atoms with van der Waals surface area (Å²) in [6.45, 7) is 5.39. The Balaban J connectivity index is 1.06. The zero-order chi connectivity index (χ0) is 41.6. The molecule has 2 saturated heterocycles. The van der Waals surface area contributed by atoms with Crippen molar-refractivity contribution in [2.75, 3.05) is 119 Å². The van der Waals surface area contributed by atoms with Gasteiger partial charge in [-0.1, -0.05) is 5.92 Å². The Morgan fingerprint density at radius 2 is 0.724 bits per heavy atom. The predicted molar refractivity (Wildman–Crippen MR) is 196 cm³/mol. The highest BCUT2D eigenvalue weighted by Crippen LogP contribution is 2.23. The van der Waals surface area contributed by atoms with Crippen molar-refractivity contribution in [1.29, 1.82) is 0 Å². The van der Waals surface area contributed by atoms with Crippen LogP contribution < -0.4 is 9.47 Å². The maximum Gasteiger partial charge on any atom is 0.335 e. The van der Waals surface area contributed by atoms with Crippen LogP contribution in [0.1, 0.15) is 44.1 Å². The first-order valence-electron chi connectivity index (χ1n) is 18.9. The number of terminal acetylenes is 1. The third-order valence-electron chi connectivity index (χ3n) is 7.57. The summed E-state index contributed by atoms with van der Waals surface area (Å²) in [6, 6.07) is 5.19. The Bertz CT molecular complexity index is 1350. The van der Waals surface area contributed by atoms with Gasteiger partial charge in [-0.15, -0.1) is 16.5 Å². The zero-order valence-electron chi connectivity index (χ0n) is 32.5. The Morgan fingerprint density at radius 1 is 0.448 bits per heavy atom. The van der Waals surface area contributed by atoms with Crippen LogP contribution >= 0.6 is 0 Å². The summed E-state index contributed by atoms with van der Waals surface area (Å²) >= 11 is 0. The molecule has 0 aliphatic carbocycles. The van der Waals surface area contributed by atoms with Crippen molar-refractivity contribution < 1.29 is 85.8 Å². The lowest BCUT2D eigenvalue weighted by Crippen LogP contribution is -2.32. The van der Waals surface area contributed by atoms with Crippen LogP contribution in [0.4, 0.5) is 0 Å². The van der Waals surface area contributed by atoms with Crippen LogP contribution in [0.5, 0.6) is 11.5 Å². The molecule has 322 valence electrons. The van der Waals surface area contributed by atoms with E-state index in [0.717, 1.165) is 0 Å². The summed E-state index contributed by atoms with van der Waals surface area (Å²) in [4.78, 5) is 78.7. The average molecular weight is 825 g/mol. The van der Waals surface area contributed by atoms with Crippen molar-refractivity contribution in [1.82, 2.24) is 10.1 Å². The highest BCUT2D eigenvalue weighted by Gasteiger charge is 2.33. The largest absolute Gasteiger partial charge is 0.491 e. The molecule has 2 aliphatic heterocycles. The molecule has 0 bridgehead atoms. The van der Waals surface area contributed by atoms with Gasteiger partial charge >= 0.3 is 11.9 Å². The molecule has 0 saturated carbocycles. The molecule has 0 radical (unpaired) electrons. The number of hydrogen-bond donors (Lipinski definition) is 0. The van der Waals surface area contributed by atoms with Gasteiger partial charge in [-0.2, -0.15) is 0 Å². The molecule has 0 atom stereocenters. The second-order valence-electron chi connectivity index (χ2n) is 12.0. The van der Waals surface area contributed by atoms with E-state index >= 15 is 0 Å². The Hall–Kier alpha value is -4.72. The van der Waals surface area contributed by atoms with Crippen LogP contribution in [-0.2, 0) is 76.3 Å². The van der Waals surface area contributed by atoms with Crippen LogP contribution in [0, 0.1) is 12.3 Å². The maximum atomic E-state index is 11.7. The molecule has 2 aliphatic rings. The highest BCUT2D eigenvalue weighted by atomic mass is 16.7. The molecule has 20 nitrogen and oxygen atoms in total. The number of rotatable bonds is 34. The van der Waals surface area contributed by atoms with E-state index in [4.69, 9.17) is 63.5 Å². The number of hydrogen-bond acceptors (Lipinski definition) is 18. The third kappa shape index (κ3) is 20.6. The summed E-state index contributed by atoms with van der Waals surface area (Å²) in [5, 5.41) is 1.01. The predicted octanol–water partition coefficient (Wildman–Crippen LogP) is 0.553. The number of carbonyl (C=O) groups is 6. The van der Waals surface area contributed by atoms with Gasteiger partial charge in [-0.05, 0) is 12.1 Å². The molecule has 4 amide bonds. The maximum absolute atomic E-state index is 11.7. The summed E-state index contributed by atoms with van der Waals surface area (Å²) in [7, 11) is 0. The Kier molecular flexibility index (Phi) is 24.2. The fraction of sp³-hybridized carbons (Fsp3) is 0.632. The molecule has 0 aromatic heterocycles. The van der Waals surface area contributed by atoms with Crippen LogP contribution in [-0.4, -0.2) is 165 Å². The van der Waals surface area contributed by atoms with Crippen LogP contribution in [0.2, 0.25) is 0 Å².